The lowest BCUT2D eigenvalue weighted by Gasteiger charge is -2.28. The minimum Gasteiger partial charge on any atom is -0.378 e. The van der Waals surface area contributed by atoms with Gasteiger partial charge in [0.1, 0.15) is 5.82 Å². The van der Waals surface area contributed by atoms with E-state index in [0.29, 0.717) is 0 Å². The normalized spacial score (nSPS) is 15.8. The molecule has 0 atom stereocenters. The van der Waals surface area contributed by atoms with Crippen LogP contribution in [0.4, 0.5) is 5.82 Å². The highest BCUT2D eigenvalue weighted by molar-refractivity contribution is 5.77. The summed E-state index contributed by atoms with van der Waals surface area (Å²) >= 11 is 0. The molecule has 1 aromatic rings. The summed E-state index contributed by atoms with van der Waals surface area (Å²) in [7, 11) is 0. The molecule has 2 rings (SSSR count). The van der Waals surface area contributed by atoms with Crippen LogP contribution in [0.1, 0.15) is 16.8 Å². The van der Waals surface area contributed by atoms with Gasteiger partial charge in [0.2, 0.25) is 5.91 Å². The van der Waals surface area contributed by atoms with Crippen molar-refractivity contribution in [2.75, 3.05) is 31.2 Å². The Hall–Kier alpha value is -1.62. The number of ether oxygens (including phenoxy) is 1. The van der Waals surface area contributed by atoms with Crippen molar-refractivity contribution < 1.29 is 9.53 Å². The third-order valence-electron chi connectivity index (χ3n) is 3.23. The van der Waals surface area contributed by atoms with Gasteiger partial charge in [0.15, 0.2) is 0 Å². The molecular weight excluding hydrogens is 230 g/mol. The zero-order valence-corrected chi connectivity index (χ0v) is 10.9. The molecule has 1 aromatic heterocycles. The molecule has 0 saturated carbocycles. The van der Waals surface area contributed by atoms with E-state index in [4.69, 9.17) is 10.5 Å². The highest BCUT2D eigenvalue weighted by Gasteiger charge is 2.15. The second-order valence-corrected chi connectivity index (χ2v) is 4.60. The number of rotatable bonds is 3. The maximum absolute atomic E-state index is 11.0. The summed E-state index contributed by atoms with van der Waals surface area (Å²) < 4.78 is 5.33. The summed E-state index contributed by atoms with van der Waals surface area (Å²) in [6.45, 7) is 7.12. The minimum absolute atomic E-state index is 0.258. The second kappa shape index (κ2) is 5.35. The van der Waals surface area contributed by atoms with Gasteiger partial charge in [-0.3, -0.25) is 4.79 Å². The predicted molar refractivity (Wildman–Crippen MR) is 69.6 cm³/mol. The fourth-order valence-electron chi connectivity index (χ4n) is 2.23. The van der Waals surface area contributed by atoms with E-state index in [1.54, 1.807) is 0 Å². The number of aromatic nitrogens is 1. The lowest BCUT2D eigenvalue weighted by Crippen LogP contribution is -2.37. The zero-order chi connectivity index (χ0) is 13.1. The van der Waals surface area contributed by atoms with Crippen LogP contribution in [0.15, 0.2) is 6.07 Å². The molecule has 98 valence electrons. The predicted octanol–water partition coefficient (Wildman–Crippen LogP) is 0.563. The third-order valence-corrected chi connectivity index (χ3v) is 3.23. The van der Waals surface area contributed by atoms with Crippen molar-refractivity contribution in [1.29, 1.82) is 0 Å². The van der Waals surface area contributed by atoms with Gasteiger partial charge in [0.25, 0.3) is 0 Å². The molecule has 1 amide bonds. The van der Waals surface area contributed by atoms with E-state index < -0.39 is 0 Å². The van der Waals surface area contributed by atoms with Crippen LogP contribution in [0, 0.1) is 13.8 Å². The Balaban J connectivity index is 2.26. The number of amides is 1. The first-order valence-electron chi connectivity index (χ1n) is 6.16. The largest absolute Gasteiger partial charge is 0.378 e. The van der Waals surface area contributed by atoms with E-state index in [9.17, 15) is 4.79 Å². The Morgan fingerprint density at radius 1 is 1.44 bits per heavy atom. The van der Waals surface area contributed by atoms with Gasteiger partial charge in [0, 0.05) is 18.8 Å². The van der Waals surface area contributed by atoms with Crippen molar-refractivity contribution in [2.45, 2.75) is 20.3 Å². The first-order valence-corrected chi connectivity index (χ1v) is 6.16. The molecule has 0 bridgehead atoms. The van der Waals surface area contributed by atoms with Crippen molar-refractivity contribution in [2.24, 2.45) is 5.73 Å². The number of carbonyl (C=O) groups excluding carboxylic acids is 1. The zero-order valence-electron chi connectivity index (χ0n) is 10.9. The average Bonchev–Trinajstić information content (AvgIpc) is 2.34. The molecular formula is C13H19N3O2. The molecule has 0 spiro atoms. The Labute approximate surface area is 107 Å². The van der Waals surface area contributed by atoms with E-state index in [1.807, 2.05) is 19.9 Å². The van der Waals surface area contributed by atoms with Crippen LogP contribution in [0.3, 0.4) is 0 Å². The Morgan fingerprint density at radius 2 is 2.11 bits per heavy atom. The van der Waals surface area contributed by atoms with Crippen molar-refractivity contribution >= 4 is 11.7 Å². The van der Waals surface area contributed by atoms with Crippen molar-refractivity contribution in [3.05, 3.63) is 22.9 Å². The molecule has 1 saturated heterocycles. The number of aryl methyl sites for hydroxylation is 2. The maximum atomic E-state index is 11.0. The van der Waals surface area contributed by atoms with Crippen molar-refractivity contribution in [1.82, 2.24) is 4.98 Å². The highest BCUT2D eigenvalue weighted by Crippen LogP contribution is 2.20. The quantitative estimate of drug-likeness (QED) is 0.850. The number of nitrogens with two attached hydrogens (primary N) is 1. The van der Waals surface area contributed by atoms with Gasteiger partial charge in [-0.15, -0.1) is 0 Å². The fraction of sp³-hybridized carbons (Fsp3) is 0.538. The van der Waals surface area contributed by atoms with E-state index in [1.165, 1.54) is 0 Å². The average molecular weight is 249 g/mol. The Morgan fingerprint density at radius 3 is 2.67 bits per heavy atom. The standard InChI is InChI=1S/C13H19N3O2/c1-9-7-13(16-3-5-18-6-4-16)15-10(2)11(9)8-12(14)17/h7H,3-6,8H2,1-2H3,(H2,14,17). The molecule has 0 unspecified atom stereocenters. The molecule has 0 aromatic carbocycles. The molecule has 5 heteroatoms. The molecule has 2 heterocycles. The van der Waals surface area contributed by atoms with Crippen LogP contribution >= 0.6 is 0 Å². The first kappa shape index (κ1) is 12.8. The van der Waals surface area contributed by atoms with Crippen LogP contribution in [-0.2, 0) is 16.0 Å². The van der Waals surface area contributed by atoms with Crippen LogP contribution in [0.25, 0.3) is 0 Å². The molecule has 1 fully saturated rings. The second-order valence-electron chi connectivity index (χ2n) is 4.60. The number of morpholine rings is 1. The lowest BCUT2D eigenvalue weighted by atomic mass is 10.0. The van der Waals surface area contributed by atoms with E-state index in [2.05, 4.69) is 9.88 Å². The van der Waals surface area contributed by atoms with Gasteiger partial charge < -0.3 is 15.4 Å². The molecule has 0 aliphatic carbocycles. The Kier molecular flexibility index (Phi) is 3.81. The van der Waals surface area contributed by atoms with Crippen molar-refractivity contribution in [3.8, 4) is 0 Å². The third kappa shape index (κ3) is 2.79. The van der Waals surface area contributed by atoms with Gasteiger partial charge in [-0.05, 0) is 31.0 Å². The summed E-state index contributed by atoms with van der Waals surface area (Å²) in [5.41, 5.74) is 8.15. The Bertz CT molecular complexity index is 431. The SMILES string of the molecule is Cc1cc(N2CCOCC2)nc(C)c1CC(N)=O. The van der Waals surface area contributed by atoms with Gasteiger partial charge in [0.05, 0.1) is 19.6 Å². The maximum Gasteiger partial charge on any atom is 0.221 e. The van der Waals surface area contributed by atoms with E-state index in [0.717, 1.165) is 48.9 Å². The first-order chi connectivity index (χ1) is 8.58. The van der Waals surface area contributed by atoms with Crippen LogP contribution in [-0.4, -0.2) is 37.2 Å². The lowest BCUT2D eigenvalue weighted by molar-refractivity contribution is -0.117. The summed E-state index contributed by atoms with van der Waals surface area (Å²) in [6, 6.07) is 2.02. The number of pyridine rings is 1. The monoisotopic (exact) mass is 249 g/mol. The number of hydrogen-bond donors (Lipinski definition) is 1. The highest BCUT2D eigenvalue weighted by atomic mass is 16.5. The van der Waals surface area contributed by atoms with Crippen molar-refractivity contribution in [3.63, 3.8) is 0 Å². The number of anilines is 1. The minimum atomic E-state index is -0.317. The van der Waals surface area contributed by atoms with Gasteiger partial charge in [-0.25, -0.2) is 4.98 Å². The van der Waals surface area contributed by atoms with Gasteiger partial charge in [-0.2, -0.15) is 0 Å². The van der Waals surface area contributed by atoms with Gasteiger partial charge >= 0.3 is 0 Å². The molecule has 1 aliphatic rings. The number of hydrogen-bond acceptors (Lipinski definition) is 4. The number of nitrogens with zero attached hydrogens (tertiary/aromatic N) is 2. The molecule has 1 aliphatic heterocycles. The van der Waals surface area contributed by atoms with Crippen LogP contribution in [0.5, 0.6) is 0 Å². The molecule has 0 radical (unpaired) electrons. The summed E-state index contributed by atoms with van der Waals surface area (Å²) in [5, 5.41) is 0. The number of carbonyl (C=O) groups is 1. The number of primary amides is 1. The molecule has 18 heavy (non-hydrogen) atoms. The molecule has 2 N–H and O–H groups in total. The molecule has 5 nitrogen and oxygen atoms in total. The fourth-order valence-corrected chi connectivity index (χ4v) is 2.23. The van der Waals surface area contributed by atoms with Crippen LogP contribution in [0.2, 0.25) is 0 Å². The van der Waals surface area contributed by atoms with Gasteiger partial charge in [-0.1, -0.05) is 0 Å². The van der Waals surface area contributed by atoms with E-state index >= 15 is 0 Å². The summed E-state index contributed by atoms with van der Waals surface area (Å²) in [4.78, 5) is 17.8. The smallest absolute Gasteiger partial charge is 0.221 e. The summed E-state index contributed by atoms with van der Waals surface area (Å²) in [6.07, 6.45) is 0.258. The van der Waals surface area contributed by atoms with Crippen LogP contribution < -0.4 is 10.6 Å². The van der Waals surface area contributed by atoms with E-state index in [-0.39, 0.29) is 12.3 Å². The topological polar surface area (TPSA) is 68.4 Å². The summed E-state index contributed by atoms with van der Waals surface area (Å²) in [5.74, 6) is 0.642.